The van der Waals surface area contributed by atoms with Crippen LogP contribution in [0.1, 0.15) is 41.1 Å². The van der Waals surface area contributed by atoms with Crippen molar-refractivity contribution in [1.82, 2.24) is 9.55 Å². The lowest BCUT2D eigenvalue weighted by Gasteiger charge is -2.17. The molecule has 6 nitrogen and oxygen atoms in total. The molecule has 2 aromatic heterocycles. The summed E-state index contributed by atoms with van der Waals surface area (Å²) in [6, 6.07) is 14.9. The highest BCUT2D eigenvalue weighted by atomic mass is 35.5. The summed E-state index contributed by atoms with van der Waals surface area (Å²) in [6.07, 6.45) is 2.64. The van der Waals surface area contributed by atoms with Gasteiger partial charge in [-0.15, -0.1) is 34.5 Å². The standard InChI is InChI=1S/C26H25Cl3N2O4S/c1-16(19-5-3-4-6-20(19)29)34-23-14-24(36-25(23)26(32)33-2)31-15-30-21-8-7-18(13-22(21)31)35-17(9-11-27)10-12-28/h3-8,13-17H,9-12H2,1-2H3/t16-/m1/s1. The molecule has 1 atom stereocenters. The minimum absolute atomic E-state index is 0.0761. The van der Waals surface area contributed by atoms with Crippen molar-refractivity contribution in [3.8, 4) is 16.5 Å². The minimum Gasteiger partial charge on any atom is -0.490 e. The summed E-state index contributed by atoms with van der Waals surface area (Å²) in [5.41, 5.74) is 2.43. The Hall–Kier alpha value is -2.45. The molecule has 190 valence electrons. The fourth-order valence-corrected chi connectivity index (χ4v) is 5.57. The number of aromatic nitrogens is 2. The molecule has 0 N–H and O–H groups in total. The number of hydrogen-bond acceptors (Lipinski definition) is 6. The number of ether oxygens (including phenoxy) is 3. The molecule has 0 saturated carbocycles. The van der Waals surface area contributed by atoms with Gasteiger partial charge in [-0.1, -0.05) is 29.8 Å². The van der Waals surface area contributed by atoms with Gasteiger partial charge in [0.1, 0.15) is 35.0 Å². The van der Waals surface area contributed by atoms with Crippen LogP contribution < -0.4 is 9.47 Å². The summed E-state index contributed by atoms with van der Waals surface area (Å²) in [4.78, 5) is 17.4. The molecule has 2 aromatic carbocycles. The number of imidazole rings is 1. The molecule has 4 rings (SSSR count). The molecule has 0 spiro atoms. The van der Waals surface area contributed by atoms with Crippen LogP contribution in [0.15, 0.2) is 54.9 Å². The van der Waals surface area contributed by atoms with Crippen molar-refractivity contribution in [1.29, 1.82) is 0 Å². The van der Waals surface area contributed by atoms with E-state index in [1.165, 1.54) is 18.4 Å². The zero-order valence-electron chi connectivity index (χ0n) is 19.7. The summed E-state index contributed by atoms with van der Waals surface area (Å²) in [7, 11) is 1.34. The first kappa shape index (κ1) is 26.6. The van der Waals surface area contributed by atoms with Crippen molar-refractivity contribution in [3.63, 3.8) is 0 Å². The molecule has 0 unspecified atom stereocenters. The summed E-state index contributed by atoms with van der Waals surface area (Å²) < 4.78 is 19.2. The number of halogens is 3. The van der Waals surface area contributed by atoms with Crippen LogP contribution in [0.3, 0.4) is 0 Å². The zero-order valence-corrected chi connectivity index (χ0v) is 22.8. The lowest BCUT2D eigenvalue weighted by Crippen LogP contribution is -2.17. The van der Waals surface area contributed by atoms with Crippen LogP contribution in [-0.2, 0) is 4.74 Å². The number of esters is 1. The van der Waals surface area contributed by atoms with E-state index in [-0.39, 0.29) is 12.2 Å². The Morgan fingerprint density at radius 1 is 1.08 bits per heavy atom. The highest BCUT2D eigenvalue weighted by Crippen LogP contribution is 2.38. The van der Waals surface area contributed by atoms with Crippen molar-refractivity contribution in [2.45, 2.75) is 32.0 Å². The molecule has 0 saturated heterocycles. The molecular weight excluding hydrogens is 543 g/mol. The third-order valence-corrected chi connectivity index (χ3v) is 7.50. The lowest BCUT2D eigenvalue weighted by atomic mass is 10.1. The average Bonchev–Trinajstić information content (AvgIpc) is 3.48. The Labute approximate surface area is 228 Å². The number of hydrogen-bond donors (Lipinski definition) is 0. The van der Waals surface area contributed by atoms with E-state index in [4.69, 9.17) is 49.0 Å². The third-order valence-electron chi connectivity index (χ3n) is 5.62. The summed E-state index contributed by atoms with van der Waals surface area (Å²) in [5, 5.41) is 1.34. The molecule has 2 heterocycles. The molecule has 0 bridgehead atoms. The normalized spacial score (nSPS) is 12.2. The number of rotatable bonds is 11. The van der Waals surface area contributed by atoms with Crippen molar-refractivity contribution in [2.75, 3.05) is 18.9 Å². The van der Waals surface area contributed by atoms with Crippen LogP contribution >= 0.6 is 46.1 Å². The highest BCUT2D eigenvalue weighted by Gasteiger charge is 2.23. The second-order valence-corrected chi connectivity index (χ2v) is 10.2. The number of carbonyl (C=O) groups excluding carboxylic acids is 1. The van der Waals surface area contributed by atoms with Crippen molar-refractivity contribution < 1.29 is 19.0 Å². The monoisotopic (exact) mass is 566 g/mol. The molecule has 0 aliphatic rings. The van der Waals surface area contributed by atoms with E-state index >= 15 is 0 Å². The smallest absolute Gasteiger partial charge is 0.351 e. The average molecular weight is 568 g/mol. The fourth-order valence-electron chi connectivity index (χ4n) is 3.80. The van der Waals surface area contributed by atoms with E-state index in [1.807, 2.05) is 54.0 Å². The van der Waals surface area contributed by atoms with Crippen LogP contribution in [0.2, 0.25) is 5.02 Å². The van der Waals surface area contributed by atoms with Crippen LogP contribution in [0.5, 0.6) is 11.5 Å². The van der Waals surface area contributed by atoms with Gasteiger partial charge in [0.05, 0.1) is 18.1 Å². The van der Waals surface area contributed by atoms with Gasteiger partial charge in [-0.2, -0.15) is 0 Å². The van der Waals surface area contributed by atoms with E-state index in [0.717, 1.165) is 21.6 Å². The first-order valence-corrected chi connectivity index (χ1v) is 13.6. The molecule has 36 heavy (non-hydrogen) atoms. The maximum absolute atomic E-state index is 12.6. The number of benzene rings is 2. The number of thiophene rings is 1. The lowest BCUT2D eigenvalue weighted by molar-refractivity contribution is 0.0600. The van der Waals surface area contributed by atoms with E-state index in [9.17, 15) is 4.79 Å². The Kier molecular flexibility index (Phi) is 9.01. The van der Waals surface area contributed by atoms with Gasteiger partial charge in [-0.05, 0) is 38.0 Å². The molecule has 0 fully saturated rings. The van der Waals surface area contributed by atoms with Crippen molar-refractivity contribution in [2.24, 2.45) is 0 Å². The predicted octanol–water partition coefficient (Wildman–Crippen LogP) is 7.67. The fraction of sp³-hybridized carbons (Fsp3) is 0.308. The molecule has 0 aliphatic heterocycles. The summed E-state index contributed by atoms with van der Waals surface area (Å²) in [6.45, 7) is 1.88. The number of alkyl halides is 2. The van der Waals surface area contributed by atoms with Crippen molar-refractivity contribution in [3.05, 3.63) is 70.3 Å². The molecule has 4 aromatic rings. The van der Waals surface area contributed by atoms with Crippen molar-refractivity contribution >= 4 is 63.1 Å². The number of carbonyl (C=O) groups is 1. The van der Waals surface area contributed by atoms with E-state index in [0.29, 0.717) is 46.0 Å². The largest absolute Gasteiger partial charge is 0.490 e. The van der Waals surface area contributed by atoms with Gasteiger partial charge in [0, 0.05) is 34.5 Å². The maximum Gasteiger partial charge on any atom is 0.351 e. The van der Waals surface area contributed by atoms with Gasteiger partial charge in [0.25, 0.3) is 0 Å². The Morgan fingerprint density at radius 3 is 2.53 bits per heavy atom. The predicted molar refractivity (Wildman–Crippen MR) is 146 cm³/mol. The highest BCUT2D eigenvalue weighted by molar-refractivity contribution is 7.16. The van der Waals surface area contributed by atoms with Gasteiger partial charge >= 0.3 is 5.97 Å². The van der Waals surface area contributed by atoms with Gasteiger partial charge in [0.15, 0.2) is 4.88 Å². The first-order chi connectivity index (χ1) is 17.4. The summed E-state index contributed by atoms with van der Waals surface area (Å²) >= 11 is 19.5. The Balaban J connectivity index is 1.68. The van der Waals surface area contributed by atoms with Crippen LogP contribution in [-0.4, -0.2) is 40.5 Å². The molecule has 0 aliphatic carbocycles. The van der Waals surface area contributed by atoms with Crippen LogP contribution in [0, 0.1) is 0 Å². The van der Waals surface area contributed by atoms with Gasteiger partial charge < -0.3 is 14.2 Å². The number of nitrogens with zero attached hydrogens (tertiary/aromatic N) is 2. The van der Waals surface area contributed by atoms with Gasteiger partial charge in [0.2, 0.25) is 0 Å². The van der Waals surface area contributed by atoms with Crippen LogP contribution in [0.25, 0.3) is 16.0 Å². The van der Waals surface area contributed by atoms with Gasteiger partial charge in [-0.25, -0.2) is 9.78 Å². The second-order valence-electron chi connectivity index (χ2n) is 8.01. The zero-order chi connectivity index (χ0) is 25.7. The second kappa shape index (κ2) is 12.2. The molecule has 0 radical (unpaired) electrons. The third kappa shape index (κ3) is 5.92. The maximum atomic E-state index is 12.6. The van der Waals surface area contributed by atoms with Crippen LogP contribution in [0.4, 0.5) is 0 Å². The quantitative estimate of drug-likeness (QED) is 0.137. The minimum atomic E-state index is -0.481. The molecule has 10 heteroatoms. The van der Waals surface area contributed by atoms with Gasteiger partial charge in [-0.3, -0.25) is 4.57 Å². The summed E-state index contributed by atoms with van der Waals surface area (Å²) in [5.74, 6) is 1.60. The topological polar surface area (TPSA) is 62.6 Å². The molecule has 0 amide bonds. The SMILES string of the molecule is COC(=O)c1sc(-n2cnc3ccc(OC(CCCl)CCCl)cc32)cc1O[C@H](C)c1ccccc1Cl. The van der Waals surface area contributed by atoms with E-state index in [2.05, 4.69) is 4.98 Å². The Morgan fingerprint density at radius 2 is 1.83 bits per heavy atom. The first-order valence-electron chi connectivity index (χ1n) is 11.3. The number of methoxy groups -OCH3 is 1. The Bertz CT molecular complexity index is 1330. The van der Waals surface area contributed by atoms with E-state index < -0.39 is 5.97 Å². The van der Waals surface area contributed by atoms with E-state index in [1.54, 1.807) is 12.4 Å². The molecular formula is C26H25Cl3N2O4S. The number of fused-ring (bicyclic) bond motifs is 1.